The summed E-state index contributed by atoms with van der Waals surface area (Å²) in [5.74, 6) is -1.95. The van der Waals surface area contributed by atoms with Crippen LogP contribution in [0.3, 0.4) is 0 Å². The van der Waals surface area contributed by atoms with E-state index < -0.39 is 0 Å². The van der Waals surface area contributed by atoms with Crippen LogP contribution >= 0.6 is 0 Å². The molecule has 1 saturated heterocycles. The summed E-state index contributed by atoms with van der Waals surface area (Å²) in [5.41, 5.74) is 2.27. The highest BCUT2D eigenvalue weighted by atomic mass is 16.5. The van der Waals surface area contributed by atoms with E-state index in [4.69, 9.17) is 4.74 Å². The van der Waals surface area contributed by atoms with Crippen LogP contribution in [0.25, 0.3) is 0 Å². The summed E-state index contributed by atoms with van der Waals surface area (Å²) in [6.07, 6.45) is 0.438. The largest absolute Gasteiger partial charge is 0.504 e. The lowest BCUT2D eigenvalue weighted by Gasteiger charge is -2.33. The lowest BCUT2D eigenvalue weighted by molar-refractivity contribution is -0.141. The Morgan fingerprint density at radius 3 is 2.38 bits per heavy atom. The first kappa shape index (κ1) is 14.7. The number of hydrogen-bond acceptors (Lipinski definition) is 6. The summed E-state index contributed by atoms with van der Waals surface area (Å²) in [5, 5.41) is 39.1. The first-order valence-corrected chi connectivity index (χ1v) is 7.69. The Morgan fingerprint density at radius 2 is 1.62 bits per heavy atom. The van der Waals surface area contributed by atoms with E-state index in [1.54, 1.807) is 6.07 Å². The molecule has 6 heteroatoms. The molecule has 1 aliphatic carbocycles. The summed E-state index contributed by atoms with van der Waals surface area (Å²) in [4.78, 5) is 12.0. The highest BCUT2D eigenvalue weighted by molar-refractivity contribution is 5.77. The van der Waals surface area contributed by atoms with Gasteiger partial charge >= 0.3 is 5.97 Å². The number of phenols is 4. The van der Waals surface area contributed by atoms with Gasteiger partial charge in [0.25, 0.3) is 0 Å². The molecule has 2 aliphatic rings. The van der Waals surface area contributed by atoms with E-state index in [2.05, 4.69) is 0 Å². The molecular formula is C18H16O6. The monoisotopic (exact) mass is 328 g/mol. The number of aromatic hydroxyl groups is 4. The number of rotatable bonds is 1. The van der Waals surface area contributed by atoms with Crippen LogP contribution in [0.15, 0.2) is 30.3 Å². The summed E-state index contributed by atoms with van der Waals surface area (Å²) < 4.78 is 5.22. The number of hydrogen-bond donors (Lipinski definition) is 4. The van der Waals surface area contributed by atoms with Crippen molar-refractivity contribution in [3.05, 3.63) is 47.0 Å². The fourth-order valence-electron chi connectivity index (χ4n) is 3.87. The molecule has 2 aromatic carbocycles. The third kappa shape index (κ3) is 2.06. The van der Waals surface area contributed by atoms with E-state index in [0.717, 1.165) is 11.1 Å². The van der Waals surface area contributed by atoms with Crippen LogP contribution in [-0.4, -0.2) is 33.0 Å². The van der Waals surface area contributed by atoms with Crippen LogP contribution < -0.4 is 0 Å². The molecule has 24 heavy (non-hydrogen) atoms. The van der Waals surface area contributed by atoms with Gasteiger partial charge in [0.1, 0.15) is 0 Å². The summed E-state index contributed by atoms with van der Waals surface area (Å²) in [7, 11) is 0. The van der Waals surface area contributed by atoms with Gasteiger partial charge in [-0.05, 0) is 47.4 Å². The zero-order valence-electron chi connectivity index (χ0n) is 12.6. The molecule has 0 amide bonds. The van der Waals surface area contributed by atoms with Crippen LogP contribution in [0.2, 0.25) is 0 Å². The van der Waals surface area contributed by atoms with E-state index in [-0.39, 0.29) is 53.3 Å². The van der Waals surface area contributed by atoms with E-state index >= 15 is 0 Å². The van der Waals surface area contributed by atoms with Crippen molar-refractivity contribution in [3.8, 4) is 23.0 Å². The smallest absolute Gasteiger partial charge is 0.309 e. The number of carbonyl (C=O) groups is 1. The zero-order valence-corrected chi connectivity index (χ0v) is 12.6. The number of cyclic esters (lactones) is 1. The van der Waals surface area contributed by atoms with Crippen molar-refractivity contribution in [2.24, 2.45) is 11.8 Å². The third-order valence-electron chi connectivity index (χ3n) is 5.04. The molecule has 6 nitrogen and oxygen atoms in total. The van der Waals surface area contributed by atoms with E-state index in [1.807, 2.05) is 0 Å². The van der Waals surface area contributed by atoms with Crippen molar-refractivity contribution in [1.29, 1.82) is 0 Å². The van der Waals surface area contributed by atoms with Crippen molar-refractivity contribution < 1.29 is 30.0 Å². The van der Waals surface area contributed by atoms with Gasteiger partial charge in [0.05, 0.1) is 12.5 Å². The molecule has 124 valence electrons. The molecule has 4 rings (SSSR count). The minimum absolute atomic E-state index is 0.127. The number of phenolic OH excluding ortho intramolecular Hbond substituents is 4. The normalized spacial score (nSPS) is 25.0. The van der Waals surface area contributed by atoms with Gasteiger partial charge in [0.15, 0.2) is 23.0 Å². The van der Waals surface area contributed by atoms with Crippen LogP contribution in [0.4, 0.5) is 0 Å². The van der Waals surface area contributed by atoms with E-state index in [0.29, 0.717) is 12.0 Å². The Labute approximate surface area is 137 Å². The molecule has 0 aromatic heterocycles. The van der Waals surface area contributed by atoms with Gasteiger partial charge in [-0.2, -0.15) is 0 Å². The standard InChI is InChI=1S/C18H16O6/c19-13-2-1-8(4-14(13)20)17-10-6-16(22)15(21)5-9(10)3-11-12(17)7-24-18(11)23/h1-2,4-6,11-12,17,19-22H,3,7H2/t11-,12+,17+/m0/s1. The number of fused-ring (bicyclic) bond motifs is 2. The zero-order chi connectivity index (χ0) is 17.0. The Balaban J connectivity index is 1.91. The maximum Gasteiger partial charge on any atom is 0.309 e. The lowest BCUT2D eigenvalue weighted by atomic mass is 9.67. The van der Waals surface area contributed by atoms with Crippen molar-refractivity contribution >= 4 is 5.97 Å². The molecule has 0 bridgehead atoms. The van der Waals surface area contributed by atoms with Crippen molar-refractivity contribution in [1.82, 2.24) is 0 Å². The minimum Gasteiger partial charge on any atom is -0.504 e. The van der Waals surface area contributed by atoms with Crippen LogP contribution in [0.1, 0.15) is 22.6 Å². The number of ether oxygens (including phenoxy) is 1. The number of carbonyl (C=O) groups excluding carboxylic acids is 1. The van der Waals surface area contributed by atoms with Crippen LogP contribution in [-0.2, 0) is 16.0 Å². The maximum atomic E-state index is 12.0. The molecule has 2 aromatic rings. The summed E-state index contributed by atoms with van der Waals surface area (Å²) >= 11 is 0. The second-order valence-electron chi connectivity index (χ2n) is 6.37. The Kier molecular flexibility index (Phi) is 3.09. The van der Waals surface area contributed by atoms with Crippen LogP contribution in [0, 0.1) is 11.8 Å². The Bertz CT molecular complexity index is 844. The first-order valence-electron chi connectivity index (χ1n) is 7.69. The Morgan fingerprint density at radius 1 is 0.917 bits per heavy atom. The van der Waals surface area contributed by atoms with Gasteiger partial charge in [-0.3, -0.25) is 4.79 Å². The van der Waals surface area contributed by atoms with Gasteiger partial charge in [-0.15, -0.1) is 0 Å². The average molecular weight is 328 g/mol. The fraction of sp³-hybridized carbons (Fsp3) is 0.278. The molecule has 1 heterocycles. The molecule has 4 N–H and O–H groups in total. The van der Waals surface area contributed by atoms with Crippen molar-refractivity contribution in [2.75, 3.05) is 6.61 Å². The van der Waals surface area contributed by atoms with E-state index in [9.17, 15) is 25.2 Å². The van der Waals surface area contributed by atoms with E-state index in [1.165, 1.54) is 24.3 Å². The molecule has 0 radical (unpaired) electrons. The van der Waals surface area contributed by atoms with Gasteiger partial charge in [0, 0.05) is 11.8 Å². The molecule has 0 spiro atoms. The van der Waals surface area contributed by atoms with Gasteiger partial charge < -0.3 is 25.2 Å². The molecule has 3 atom stereocenters. The molecule has 1 aliphatic heterocycles. The second kappa shape index (κ2) is 5.06. The highest BCUT2D eigenvalue weighted by Gasteiger charge is 2.47. The predicted octanol–water partition coefficient (Wildman–Crippen LogP) is 1.99. The average Bonchev–Trinajstić information content (AvgIpc) is 2.90. The molecule has 1 fully saturated rings. The minimum atomic E-state index is -0.331. The van der Waals surface area contributed by atoms with Gasteiger partial charge in [-0.25, -0.2) is 0 Å². The predicted molar refractivity (Wildman–Crippen MR) is 83.0 cm³/mol. The first-order chi connectivity index (χ1) is 11.5. The third-order valence-corrected chi connectivity index (χ3v) is 5.04. The van der Waals surface area contributed by atoms with Gasteiger partial charge in [0.2, 0.25) is 0 Å². The van der Waals surface area contributed by atoms with Crippen LogP contribution in [0.5, 0.6) is 23.0 Å². The lowest BCUT2D eigenvalue weighted by Crippen LogP contribution is -2.30. The SMILES string of the molecule is O=C1OC[C@H]2[C@H](c3ccc(O)c(O)c3)c3cc(O)c(O)cc3C[C@H]12. The number of esters is 1. The second-order valence-corrected chi connectivity index (χ2v) is 6.37. The number of benzene rings is 2. The fourth-order valence-corrected chi connectivity index (χ4v) is 3.87. The van der Waals surface area contributed by atoms with Crippen molar-refractivity contribution in [2.45, 2.75) is 12.3 Å². The van der Waals surface area contributed by atoms with Gasteiger partial charge in [-0.1, -0.05) is 6.07 Å². The highest BCUT2D eigenvalue weighted by Crippen LogP contribution is 2.49. The van der Waals surface area contributed by atoms with Crippen molar-refractivity contribution in [3.63, 3.8) is 0 Å². The Hall–Kier alpha value is -2.89. The molecular weight excluding hydrogens is 312 g/mol. The summed E-state index contributed by atoms with van der Waals surface area (Å²) in [6, 6.07) is 7.50. The topological polar surface area (TPSA) is 107 Å². The molecule has 0 saturated carbocycles. The maximum absolute atomic E-state index is 12.0. The molecule has 0 unspecified atom stereocenters. The quantitative estimate of drug-likeness (QED) is 0.471. The summed E-state index contributed by atoms with van der Waals surface area (Å²) in [6.45, 7) is 0.261.